The molecule has 36 heavy (non-hydrogen) atoms. The highest BCUT2D eigenvalue weighted by molar-refractivity contribution is 6.11. The van der Waals surface area contributed by atoms with Crippen LogP contribution in [0.3, 0.4) is 0 Å². The summed E-state index contributed by atoms with van der Waals surface area (Å²) in [5.74, 6) is -0.310. The van der Waals surface area contributed by atoms with Crippen LogP contribution in [-0.2, 0) is 12.8 Å². The number of hydrogen-bond donors (Lipinski definition) is 2. The van der Waals surface area contributed by atoms with Crippen molar-refractivity contribution in [3.63, 3.8) is 0 Å². The summed E-state index contributed by atoms with van der Waals surface area (Å²) in [6.07, 6.45) is 3.74. The maximum Gasteiger partial charge on any atom is 0.251 e. The molecular weight excluding hydrogens is 442 g/mol. The van der Waals surface area contributed by atoms with Gasteiger partial charge >= 0.3 is 0 Å². The number of nitrogens with two attached hydrogens (primary N) is 1. The summed E-state index contributed by atoms with van der Waals surface area (Å²) in [5, 5.41) is 5.90. The van der Waals surface area contributed by atoms with Crippen LogP contribution in [0.1, 0.15) is 46.8 Å². The number of piperazine rings is 1. The lowest BCUT2D eigenvalue weighted by Crippen LogP contribution is -2.45. The van der Waals surface area contributed by atoms with Gasteiger partial charge in [-0.05, 0) is 62.6 Å². The molecule has 4 aromatic carbocycles. The van der Waals surface area contributed by atoms with E-state index in [1.165, 1.54) is 44.2 Å². The Labute approximate surface area is 213 Å². The fraction of sp³-hybridized carbons (Fsp3) is 0.281. The quantitative estimate of drug-likeness (QED) is 0.320. The molecule has 0 radical (unpaired) electrons. The van der Waals surface area contributed by atoms with Crippen molar-refractivity contribution in [2.45, 2.75) is 32.6 Å². The van der Waals surface area contributed by atoms with Crippen LogP contribution in [0, 0.1) is 0 Å². The van der Waals surface area contributed by atoms with Gasteiger partial charge < -0.3 is 16.0 Å². The van der Waals surface area contributed by atoms with E-state index in [4.69, 9.17) is 5.73 Å². The number of amides is 1. The van der Waals surface area contributed by atoms with Gasteiger partial charge in [-0.3, -0.25) is 4.79 Å². The molecule has 4 nitrogen and oxygen atoms in total. The second-order valence-corrected chi connectivity index (χ2v) is 10.00. The largest absolute Gasteiger partial charge is 0.368 e. The fourth-order valence-corrected chi connectivity index (χ4v) is 6.26. The average molecular weight is 476 g/mol. The van der Waals surface area contributed by atoms with Crippen molar-refractivity contribution in [2.24, 2.45) is 5.73 Å². The van der Waals surface area contributed by atoms with Gasteiger partial charge in [0.1, 0.15) is 0 Å². The lowest BCUT2D eigenvalue weighted by atomic mass is 9.81. The van der Waals surface area contributed by atoms with Crippen LogP contribution in [0.4, 0.5) is 5.69 Å². The van der Waals surface area contributed by atoms with E-state index in [2.05, 4.69) is 83.9 Å². The predicted molar refractivity (Wildman–Crippen MR) is 150 cm³/mol. The third kappa shape index (κ3) is 3.68. The van der Waals surface area contributed by atoms with Crippen LogP contribution in [0.5, 0.6) is 0 Å². The SMILES string of the molecule is CCCCc1c(C(N)=O)c(N2CCNCC2)c2c(c1-c1cccc3ccccc13)-c1ccccc1C2. The third-order valence-electron chi connectivity index (χ3n) is 7.85. The highest BCUT2D eigenvalue weighted by Gasteiger charge is 2.34. The molecule has 0 atom stereocenters. The van der Waals surface area contributed by atoms with E-state index < -0.39 is 0 Å². The smallest absolute Gasteiger partial charge is 0.251 e. The number of benzene rings is 4. The Bertz CT molecular complexity index is 1460. The van der Waals surface area contributed by atoms with Gasteiger partial charge in [0.2, 0.25) is 0 Å². The van der Waals surface area contributed by atoms with E-state index in [0.717, 1.165) is 68.7 Å². The number of anilines is 1. The molecule has 1 saturated heterocycles. The van der Waals surface area contributed by atoms with Gasteiger partial charge in [0.15, 0.2) is 0 Å². The predicted octanol–water partition coefficient (Wildman–Crippen LogP) is 5.93. The number of nitrogens with zero attached hydrogens (tertiary/aromatic N) is 1. The Morgan fingerprint density at radius 1 is 0.917 bits per heavy atom. The summed E-state index contributed by atoms with van der Waals surface area (Å²) >= 11 is 0. The number of primary amides is 1. The van der Waals surface area contributed by atoms with Crippen molar-refractivity contribution in [1.82, 2.24) is 5.32 Å². The summed E-state index contributed by atoms with van der Waals surface area (Å²) in [6.45, 7) is 5.79. The molecule has 0 unspecified atom stereocenters. The minimum absolute atomic E-state index is 0.310. The highest BCUT2D eigenvalue weighted by Crippen LogP contribution is 2.52. The first-order valence-electron chi connectivity index (χ1n) is 13.2. The van der Waals surface area contributed by atoms with Crippen LogP contribution >= 0.6 is 0 Å². The van der Waals surface area contributed by atoms with Crippen molar-refractivity contribution >= 4 is 22.4 Å². The molecule has 6 rings (SSSR count). The van der Waals surface area contributed by atoms with Crippen molar-refractivity contribution < 1.29 is 4.79 Å². The summed E-state index contributed by atoms with van der Waals surface area (Å²) in [7, 11) is 0. The minimum atomic E-state index is -0.310. The fourth-order valence-electron chi connectivity index (χ4n) is 6.26. The van der Waals surface area contributed by atoms with Gasteiger partial charge in [0.05, 0.1) is 11.3 Å². The number of rotatable bonds is 6. The van der Waals surface area contributed by atoms with E-state index in [1.807, 2.05) is 0 Å². The van der Waals surface area contributed by atoms with Gasteiger partial charge in [0.25, 0.3) is 5.91 Å². The summed E-state index contributed by atoms with van der Waals surface area (Å²) in [5.41, 5.74) is 16.8. The molecule has 0 saturated carbocycles. The highest BCUT2D eigenvalue weighted by atomic mass is 16.1. The summed E-state index contributed by atoms with van der Waals surface area (Å²) in [6, 6.07) is 23.9. The zero-order valence-corrected chi connectivity index (χ0v) is 20.9. The van der Waals surface area contributed by atoms with E-state index in [1.54, 1.807) is 0 Å². The summed E-state index contributed by atoms with van der Waals surface area (Å²) < 4.78 is 0. The molecular formula is C32H33N3O. The second-order valence-electron chi connectivity index (χ2n) is 10.00. The molecule has 2 aliphatic rings. The Kier molecular flexibility index (Phi) is 5.98. The normalized spacial score (nSPS) is 14.6. The molecule has 1 fully saturated rings. The molecule has 1 amide bonds. The average Bonchev–Trinajstić information content (AvgIpc) is 3.30. The molecule has 4 heteroatoms. The van der Waals surface area contributed by atoms with Crippen LogP contribution in [0.15, 0.2) is 66.7 Å². The monoisotopic (exact) mass is 475 g/mol. The third-order valence-corrected chi connectivity index (χ3v) is 7.85. The van der Waals surface area contributed by atoms with E-state index in [9.17, 15) is 4.79 Å². The first-order valence-corrected chi connectivity index (χ1v) is 13.2. The van der Waals surface area contributed by atoms with Gasteiger partial charge in [0, 0.05) is 32.6 Å². The van der Waals surface area contributed by atoms with E-state index >= 15 is 0 Å². The number of carbonyl (C=O) groups is 1. The molecule has 1 heterocycles. The Hall–Kier alpha value is -3.63. The van der Waals surface area contributed by atoms with Crippen LogP contribution in [-0.4, -0.2) is 32.1 Å². The lowest BCUT2D eigenvalue weighted by molar-refractivity contribution is 0.0999. The zero-order valence-electron chi connectivity index (χ0n) is 20.9. The minimum Gasteiger partial charge on any atom is -0.368 e. The molecule has 0 aromatic heterocycles. The molecule has 1 aliphatic heterocycles. The van der Waals surface area contributed by atoms with Crippen molar-refractivity contribution in [2.75, 3.05) is 31.1 Å². The maximum absolute atomic E-state index is 13.3. The Morgan fingerprint density at radius 3 is 2.44 bits per heavy atom. The van der Waals surface area contributed by atoms with Gasteiger partial charge in [-0.1, -0.05) is 80.1 Å². The number of unbranched alkanes of at least 4 members (excludes halogenated alkanes) is 1. The molecule has 3 N–H and O–H groups in total. The first kappa shape index (κ1) is 22.8. The standard InChI is InChI=1S/C32H33N3O/c1-2-3-12-26-29(25-15-8-11-21-9-4-6-13-23(21)25)28-24-14-7-5-10-22(24)20-27(28)31(30(26)32(33)36)35-18-16-34-17-19-35/h4-11,13-15,34H,2-3,12,16-20H2,1H3,(H2,33,36). The van der Waals surface area contributed by atoms with Crippen LogP contribution < -0.4 is 16.0 Å². The molecule has 4 aromatic rings. The lowest BCUT2D eigenvalue weighted by Gasteiger charge is -2.34. The molecule has 1 aliphatic carbocycles. The number of carbonyl (C=O) groups excluding carboxylic acids is 1. The van der Waals surface area contributed by atoms with E-state index in [-0.39, 0.29) is 5.91 Å². The number of hydrogen-bond acceptors (Lipinski definition) is 3. The van der Waals surface area contributed by atoms with Gasteiger partial charge in [-0.2, -0.15) is 0 Å². The molecule has 0 bridgehead atoms. The first-order chi connectivity index (χ1) is 17.7. The van der Waals surface area contributed by atoms with Gasteiger partial charge in [-0.25, -0.2) is 0 Å². The van der Waals surface area contributed by atoms with Crippen LogP contribution in [0.2, 0.25) is 0 Å². The summed E-state index contributed by atoms with van der Waals surface area (Å²) in [4.78, 5) is 15.8. The maximum atomic E-state index is 13.3. The van der Waals surface area contributed by atoms with Gasteiger partial charge in [-0.15, -0.1) is 0 Å². The Morgan fingerprint density at radius 2 is 1.64 bits per heavy atom. The van der Waals surface area contributed by atoms with Crippen molar-refractivity contribution in [3.8, 4) is 22.3 Å². The second kappa shape index (κ2) is 9.44. The topological polar surface area (TPSA) is 58.4 Å². The number of nitrogens with one attached hydrogen (secondary N) is 1. The number of fused-ring (bicyclic) bond motifs is 4. The van der Waals surface area contributed by atoms with E-state index in [0.29, 0.717) is 0 Å². The van der Waals surface area contributed by atoms with Crippen molar-refractivity contribution in [3.05, 3.63) is 89.0 Å². The zero-order chi connectivity index (χ0) is 24.6. The molecule has 0 spiro atoms. The van der Waals surface area contributed by atoms with Crippen LogP contribution in [0.25, 0.3) is 33.0 Å². The Balaban J connectivity index is 1.77. The molecule has 182 valence electrons. The van der Waals surface area contributed by atoms with Crippen molar-refractivity contribution in [1.29, 1.82) is 0 Å².